The summed E-state index contributed by atoms with van der Waals surface area (Å²) in [4.78, 5) is 30.4. The average Bonchev–Trinajstić information content (AvgIpc) is 3.17. The van der Waals surface area contributed by atoms with E-state index in [1.165, 1.54) is 0 Å². The van der Waals surface area contributed by atoms with Gasteiger partial charge in [0.15, 0.2) is 0 Å². The number of hydrogen-bond acceptors (Lipinski definition) is 4. The van der Waals surface area contributed by atoms with Crippen molar-refractivity contribution in [3.63, 3.8) is 0 Å². The molecule has 0 saturated carbocycles. The number of nitrogens with zero attached hydrogens (tertiary/aromatic N) is 5. The van der Waals surface area contributed by atoms with Crippen molar-refractivity contribution in [1.82, 2.24) is 24.2 Å². The van der Waals surface area contributed by atoms with Crippen molar-refractivity contribution in [2.24, 2.45) is 12.8 Å². The normalized spacial score (nSPS) is 17.3. The molecule has 1 saturated heterocycles. The van der Waals surface area contributed by atoms with E-state index in [1.54, 1.807) is 17.0 Å². The average molecular weight is 372 g/mol. The summed E-state index contributed by atoms with van der Waals surface area (Å²) in [5, 5.41) is 4.42. The fourth-order valence-corrected chi connectivity index (χ4v) is 3.97. The summed E-state index contributed by atoms with van der Waals surface area (Å²) in [5.74, 6) is 0.750. The Morgan fingerprint density at radius 1 is 1.33 bits per heavy atom. The molecule has 2 amide bonds. The Bertz CT molecular complexity index is 837. The van der Waals surface area contributed by atoms with E-state index in [9.17, 15) is 9.59 Å². The molecule has 27 heavy (non-hydrogen) atoms. The molecular formula is C19H28N6O2. The van der Waals surface area contributed by atoms with Crippen LogP contribution >= 0.6 is 0 Å². The zero-order valence-electron chi connectivity index (χ0n) is 16.3. The molecule has 1 fully saturated rings. The first-order valence-corrected chi connectivity index (χ1v) is 9.43. The van der Waals surface area contributed by atoms with Crippen LogP contribution in [0.1, 0.15) is 48.0 Å². The number of rotatable bonds is 6. The minimum Gasteiger partial charge on any atom is -0.368 e. The number of carbonyl (C=O) groups excluding carboxylic acids is 2. The topological polar surface area (TPSA) is 99.0 Å². The van der Waals surface area contributed by atoms with Crippen LogP contribution in [0.3, 0.4) is 0 Å². The molecule has 0 spiro atoms. The second-order valence-corrected chi connectivity index (χ2v) is 7.33. The van der Waals surface area contributed by atoms with Crippen molar-refractivity contribution in [3.05, 3.63) is 35.2 Å². The Labute approximate surface area is 159 Å². The maximum atomic E-state index is 12.8. The lowest BCUT2D eigenvalue weighted by Crippen LogP contribution is -2.40. The minimum absolute atomic E-state index is 0.124. The summed E-state index contributed by atoms with van der Waals surface area (Å²) in [6, 6.07) is 0. The van der Waals surface area contributed by atoms with Crippen LogP contribution in [0.5, 0.6) is 0 Å². The highest BCUT2D eigenvalue weighted by atomic mass is 16.2. The minimum atomic E-state index is -0.389. The molecule has 2 N–H and O–H groups in total. The number of imidazole rings is 1. The molecule has 8 nitrogen and oxygen atoms in total. The standard InChI is InChI=1S/C19H28N6O2/c1-13-16(14(2)23(3)22-13)6-7-18(27)24-9-4-5-15(11-24)19-21-8-10-25(19)12-17(20)26/h8,10,15H,4-7,9,11-12H2,1-3H3,(H2,20,26)/t15-/m1/s1. The van der Waals surface area contributed by atoms with E-state index < -0.39 is 0 Å². The summed E-state index contributed by atoms with van der Waals surface area (Å²) in [6.45, 7) is 5.56. The largest absolute Gasteiger partial charge is 0.368 e. The molecule has 1 aliphatic heterocycles. The van der Waals surface area contributed by atoms with Gasteiger partial charge in [0.05, 0.1) is 5.69 Å². The van der Waals surface area contributed by atoms with Gasteiger partial charge in [0.1, 0.15) is 12.4 Å². The molecule has 0 radical (unpaired) electrons. The van der Waals surface area contributed by atoms with E-state index in [0.717, 1.165) is 42.2 Å². The van der Waals surface area contributed by atoms with E-state index in [4.69, 9.17) is 5.73 Å². The first kappa shape index (κ1) is 19.1. The van der Waals surface area contributed by atoms with Crippen molar-refractivity contribution >= 4 is 11.8 Å². The van der Waals surface area contributed by atoms with Crippen LogP contribution in [0.2, 0.25) is 0 Å². The third-order valence-electron chi connectivity index (χ3n) is 5.46. The zero-order chi connectivity index (χ0) is 19.6. The van der Waals surface area contributed by atoms with Crippen molar-refractivity contribution in [2.75, 3.05) is 13.1 Å². The first-order valence-electron chi connectivity index (χ1n) is 9.43. The molecule has 1 atom stereocenters. The Balaban J connectivity index is 1.63. The third-order valence-corrected chi connectivity index (χ3v) is 5.46. The summed E-state index contributed by atoms with van der Waals surface area (Å²) >= 11 is 0. The Kier molecular flexibility index (Phi) is 5.62. The molecule has 3 rings (SSSR count). The summed E-state index contributed by atoms with van der Waals surface area (Å²) in [5.41, 5.74) is 8.59. The number of piperidine rings is 1. The van der Waals surface area contributed by atoms with E-state index in [2.05, 4.69) is 10.1 Å². The van der Waals surface area contributed by atoms with Gasteiger partial charge in [-0.05, 0) is 38.7 Å². The molecule has 0 bridgehead atoms. The van der Waals surface area contributed by atoms with Gasteiger partial charge in [0.25, 0.3) is 0 Å². The molecule has 0 aliphatic carbocycles. The lowest BCUT2D eigenvalue weighted by atomic mass is 9.96. The maximum Gasteiger partial charge on any atom is 0.237 e. The Morgan fingerprint density at radius 2 is 2.11 bits per heavy atom. The van der Waals surface area contributed by atoms with Crippen molar-refractivity contribution in [3.8, 4) is 0 Å². The molecule has 2 aromatic heterocycles. The van der Waals surface area contributed by atoms with Crippen molar-refractivity contribution in [2.45, 2.75) is 52.0 Å². The molecule has 2 aromatic rings. The van der Waals surface area contributed by atoms with Crippen LogP contribution in [0, 0.1) is 13.8 Å². The monoisotopic (exact) mass is 372 g/mol. The van der Waals surface area contributed by atoms with Crippen LogP contribution in [-0.4, -0.2) is 49.1 Å². The predicted octanol–water partition coefficient (Wildman–Crippen LogP) is 1.06. The molecule has 0 unspecified atom stereocenters. The number of amides is 2. The van der Waals surface area contributed by atoms with E-state index >= 15 is 0 Å². The summed E-state index contributed by atoms with van der Waals surface area (Å²) in [7, 11) is 1.93. The van der Waals surface area contributed by atoms with Crippen LogP contribution in [0.25, 0.3) is 0 Å². The molecular weight excluding hydrogens is 344 g/mol. The number of aryl methyl sites for hydroxylation is 2. The van der Waals surface area contributed by atoms with E-state index in [-0.39, 0.29) is 24.3 Å². The number of aromatic nitrogens is 4. The lowest BCUT2D eigenvalue weighted by Gasteiger charge is -2.32. The highest BCUT2D eigenvalue weighted by molar-refractivity contribution is 5.76. The van der Waals surface area contributed by atoms with Gasteiger partial charge >= 0.3 is 0 Å². The number of carbonyl (C=O) groups is 2. The number of primary amides is 1. The maximum absolute atomic E-state index is 12.8. The third kappa shape index (κ3) is 4.20. The van der Waals surface area contributed by atoms with Gasteiger partial charge < -0.3 is 15.2 Å². The van der Waals surface area contributed by atoms with Gasteiger partial charge in [-0.1, -0.05) is 0 Å². The second-order valence-electron chi connectivity index (χ2n) is 7.33. The fourth-order valence-electron chi connectivity index (χ4n) is 3.97. The molecule has 8 heteroatoms. The SMILES string of the molecule is Cc1nn(C)c(C)c1CCC(=O)N1CCC[C@@H](c2nccn2CC(N)=O)C1. The van der Waals surface area contributed by atoms with Gasteiger partial charge in [-0.3, -0.25) is 14.3 Å². The van der Waals surface area contributed by atoms with E-state index in [0.29, 0.717) is 19.4 Å². The molecule has 3 heterocycles. The number of hydrogen-bond donors (Lipinski definition) is 1. The van der Waals surface area contributed by atoms with Crippen molar-refractivity contribution in [1.29, 1.82) is 0 Å². The van der Waals surface area contributed by atoms with Crippen LogP contribution in [0.4, 0.5) is 0 Å². The quantitative estimate of drug-likeness (QED) is 0.819. The second kappa shape index (κ2) is 7.94. The molecule has 0 aromatic carbocycles. The zero-order valence-corrected chi connectivity index (χ0v) is 16.3. The van der Waals surface area contributed by atoms with Gasteiger partial charge in [-0.15, -0.1) is 0 Å². The number of likely N-dealkylation sites (tertiary alicyclic amines) is 1. The highest BCUT2D eigenvalue weighted by Crippen LogP contribution is 2.26. The summed E-state index contributed by atoms with van der Waals surface area (Å²) < 4.78 is 3.66. The van der Waals surface area contributed by atoms with Crippen LogP contribution in [-0.2, 0) is 29.6 Å². The Morgan fingerprint density at radius 3 is 2.78 bits per heavy atom. The Hall–Kier alpha value is -2.64. The van der Waals surface area contributed by atoms with Crippen LogP contribution < -0.4 is 5.73 Å². The molecule has 1 aliphatic rings. The van der Waals surface area contributed by atoms with E-state index in [1.807, 2.05) is 30.5 Å². The van der Waals surface area contributed by atoms with Crippen LogP contribution in [0.15, 0.2) is 12.4 Å². The first-order chi connectivity index (χ1) is 12.9. The van der Waals surface area contributed by atoms with Crippen molar-refractivity contribution < 1.29 is 9.59 Å². The predicted molar refractivity (Wildman–Crippen MR) is 101 cm³/mol. The summed E-state index contributed by atoms with van der Waals surface area (Å²) in [6.07, 6.45) is 6.55. The fraction of sp³-hybridized carbons (Fsp3) is 0.579. The van der Waals surface area contributed by atoms with Gasteiger partial charge in [0.2, 0.25) is 11.8 Å². The van der Waals surface area contributed by atoms with Gasteiger partial charge in [-0.2, -0.15) is 5.10 Å². The highest BCUT2D eigenvalue weighted by Gasteiger charge is 2.27. The smallest absolute Gasteiger partial charge is 0.237 e. The number of nitrogens with two attached hydrogens (primary N) is 1. The van der Waals surface area contributed by atoms with Gasteiger partial charge in [0, 0.05) is 50.6 Å². The molecule has 146 valence electrons. The van der Waals surface area contributed by atoms with Gasteiger partial charge in [-0.25, -0.2) is 4.98 Å². The lowest BCUT2D eigenvalue weighted by molar-refractivity contribution is -0.132.